The van der Waals surface area contributed by atoms with Crippen LogP contribution >= 0.6 is 0 Å². The van der Waals surface area contributed by atoms with Crippen LogP contribution in [0, 0.1) is 0 Å². The van der Waals surface area contributed by atoms with Crippen LogP contribution < -0.4 is 0 Å². The topological polar surface area (TPSA) is 101 Å². The van der Waals surface area contributed by atoms with Crippen LogP contribution in [-0.2, 0) is 19.1 Å². The largest absolute Gasteiger partial charge is 0.466 e. The highest BCUT2D eigenvalue weighted by molar-refractivity contribution is 5.79. The summed E-state index contributed by atoms with van der Waals surface area (Å²) in [6, 6.07) is 7.57. The second kappa shape index (κ2) is 7.03. The molecule has 0 fully saturated rings. The summed E-state index contributed by atoms with van der Waals surface area (Å²) in [6.45, 7) is 1.16. The Bertz CT molecular complexity index is 497. The third-order valence-electron chi connectivity index (χ3n) is 2.33. The van der Waals surface area contributed by atoms with E-state index in [-0.39, 0.29) is 0 Å². The maximum absolute atomic E-state index is 11.7. The van der Waals surface area contributed by atoms with E-state index in [0.29, 0.717) is 5.56 Å². The number of azide groups is 1. The molecule has 0 aliphatic heterocycles. The Kier molecular flexibility index (Phi) is 5.37. The van der Waals surface area contributed by atoms with Crippen LogP contribution in [-0.4, -0.2) is 25.2 Å². The zero-order valence-electron chi connectivity index (χ0n) is 10.5. The van der Waals surface area contributed by atoms with Crippen LogP contribution in [0.1, 0.15) is 18.5 Å². The minimum Gasteiger partial charge on any atom is -0.466 e. The summed E-state index contributed by atoms with van der Waals surface area (Å²) in [5.41, 5.74) is 9.15. The van der Waals surface area contributed by atoms with Gasteiger partial charge in [0.05, 0.1) is 7.11 Å². The Hall–Kier alpha value is -2.53. The first kappa shape index (κ1) is 14.5. The molecule has 0 aliphatic rings. The SMILES string of the molecule is COC(=O)C(OC(C)=O)C(N=[N+]=[N-])c1ccccc1. The normalized spacial score (nSPS) is 12.7. The number of hydrogen-bond donors (Lipinski definition) is 0. The molecule has 1 aromatic carbocycles. The predicted octanol–water partition coefficient (Wildman–Crippen LogP) is 2.14. The fourth-order valence-electron chi connectivity index (χ4n) is 1.54. The third-order valence-corrected chi connectivity index (χ3v) is 2.33. The van der Waals surface area contributed by atoms with E-state index in [1.54, 1.807) is 30.3 Å². The van der Waals surface area contributed by atoms with Crippen molar-refractivity contribution in [3.8, 4) is 0 Å². The van der Waals surface area contributed by atoms with Crippen LogP contribution in [0.2, 0.25) is 0 Å². The first-order valence-electron chi connectivity index (χ1n) is 5.44. The first-order valence-corrected chi connectivity index (χ1v) is 5.44. The van der Waals surface area contributed by atoms with Gasteiger partial charge >= 0.3 is 11.9 Å². The highest BCUT2D eigenvalue weighted by Crippen LogP contribution is 2.25. The average molecular weight is 263 g/mol. The van der Waals surface area contributed by atoms with Crippen molar-refractivity contribution in [2.24, 2.45) is 5.11 Å². The molecule has 0 bridgehead atoms. The number of carbonyl (C=O) groups excluding carboxylic acids is 2. The molecule has 19 heavy (non-hydrogen) atoms. The smallest absolute Gasteiger partial charge is 0.347 e. The second-order valence-electron chi connectivity index (χ2n) is 3.61. The highest BCUT2D eigenvalue weighted by Gasteiger charge is 2.32. The fourth-order valence-corrected chi connectivity index (χ4v) is 1.54. The lowest BCUT2D eigenvalue weighted by atomic mass is 10.0. The molecule has 1 aromatic rings. The Balaban J connectivity index is 3.15. The minimum absolute atomic E-state index is 0.553. The quantitative estimate of drug-likeness (QED) is 0.351. The zero-order chi connectivity index (χ0) is 14.3. The van der Waals surface area contributed by atoms with Gasteiger partial charge in [-0.3, -0.25) is 4.79 Å². The molecule has 2 atom stereocenters. The van der Waals surface area contributed by atoms with Gasteiger partial charge in [0.15, 0.2) is 0 Å². The summed E-state index contributed by atoms with van der Waals surface area (Å²) >= 11 is 0. The van der Waals surface area contributed by atoms with Crippen LogP contribution in [0.25, 0.3) is 10.4 Å². The number of ether oxygens (including phenoxy) is 2. The van der Waals surface area contributed by atoms with Crippen molar-refractivity contribution in [2.45, 2.75) is 19.1 Å². The van der Waals surface area contributed by atoms with E-state index in [2.05, 4.69) is 14.8 Å². The van der Waals surface area contributed by atoms with E-state index in [0.717, 1.165) is 14.0 Å². The van der Waals surface area contributed by atoms with Gasteiger partial charge in [0, 0.05) is 11.8 Å². The van der Waals surface area contributed by atoms with Gasteiger partial charge in [0.25, 0.3) is 0 Å². The molecule has 0 aliphatic carbocycles. The molecule has 0 N–H and O–H groups in total. The van der Waals surface area contributed by atoms with Crippen molar-refractivity contribution in [2.75, 3.05) is 7.11 Å². The summed E-state index contributed by atoms with van der Waals surface area (Å²) in [5.74, 6) is -1.44. The molecule has 0 heterocycles. The predicted molar refractivity (Wildman–Crippen MR) is 65.9 cm³/mol. The monoisotopic (exact) mass is 263 g/mol. The van der Waals surface area contributed by atoms with Crippen molar-refractivity contribution in [1.82, 2.24) is 0 Å². The van der Waals surface area contributed by atoms with Crippen molar-refractivity contribution >= 4 is 11.9 Å². The molecule has 0 radical (unpaired) electrons. The van der Waals surface area contributed by atoms with Crippen LogP contribution in [0.4, 0.5) is 0 Å². The lowest BCUT2D eigenvalue weighted by molar-refractivity contribution is -0.166. The van der Waals surface area contributed by atoms with Crippen molar-refractivity contribution in [3.63, 3.8) is 0 Å². The minimum atomic E-state index is -1.30. The van der Waals surface area contributed by atoms with Gasteiger partial charge < -0.3 is 9.47 Å². The van der Waals surface area contributed by atoms with Gasteiger partial charge in [-0.25, -0.2) is 4.79 Å². The molecule has 7 nitrogen and oxygen atoms in total. The standard InChI is InChI=1S/C12H13N3O4/c1-8(16)19-11(12(17)18-2)10(14-15-13)9-6-4-3-5-7-9/h3-7,10-11H,1-2H3. The molecule has 1 rings (SSSR count). The Morgan fingerprint density at radius 2 is 1.95 bits per heavy atom. The fraction of sp³-hybridized carbons (Fsp3) is 0.333. The number of benzene rings is 1. The molecule has 2 unspecified atom stereocenters. The van der Waals surface area contributed by atoms with E-state index < -0.39 is 24.1 Å². The number of carbonyl (C=O) groups is 2. The molecule has 0 spiro atoms. The van der Waals surface area contributed by atoms with Crippen molar-refractivity contribution in [3.05, 3.63) is 46.3 Å². The highest BCUT2D eigenvalue weighted by atomic mass is 16.6. The van der Waals surface area contributed by atoms with E-state index in [9.17, 15) is 9.59 Å². The number of esters is 2. The lowest BCUT2D eigenvalue weighted by Crippen LogP contribution is -2.32. The molecular formula is C12H13N3O4. The molecule has 0 saturated heterocycles. The third kappa shape index (κ3) is 4.01. The Morgan fingerprint density at radius 3 is 2.42 bits per heavy atom. The van der Waals surface area contributed by atoms with Crippen LogP contribution in [0.5, 0.6) is 0 Å². The number of rotatable bonds is 5. The molecule has 0 amide bonds. The zero-order valence-corrected chi connectivity index (χ0v) is 10.5. The first-order chi connectivity index (χ1) is 9.10. The van der Waals surface area contributed by atoms with E-state index in [4.69, 9.17) is 10.3 Å². The van der Waals surface area contributed by atoms with Gasteiger partial charge in [-0.1, -0.05) is 35.4 Å². The second-order valence-corrected chi connectivity index (χ2v) is 3.61. The van der Waals surface area contributed by atoms with Crippen LogP contribution in [0.3, 0.4) is 0 Å². The van der Waals surface area contributed by atoms with Gasteiger partial charge in [-0.15, -0.1) is 0 Å². The summed E-state index contributed by atoms with van der Waals surface area (Å²) in [5, 5.41) is 3.52. The lowest BCUT2D eigenvalue weighted by Gasteiger charge is -2.21. The van der Waals surface area contributed by atoms with Gasteiger partial charge in [-0.05, 0) is 11.1 Å². The maximum Gasteiger partial charge on any atom is 0.347 e. The molecule has 100 valence electrons. The van der Waals surface area contributed by atoms with Crippen molar-refractivity contribution in [1.29, 1.82) is 0 Å². The summed E-state index contributed by atoms with van der Waals surface area (Å²) < 4.78 is 9.46. The van der Waals surface area contributed by atoms with Crippen molar-refractivity contribution < 1.29 is 19.1 Å². The average Bonchev–Trinajstić information content (AvgIpc) is 2.42. The summed E-state index contributed by atoms with van der Waals surface area (Å²) in [4.78, 5) is 25.4. The van der Waals surface area contributed by atoms with E-state index in [1.165, 1.54) is 0 Å². The van der Waals surface area contributed by atoms with Gasteiger partial charge in [0.1, 0.15) is 6.04 Å². The van der Waals surface area contributed by atoms with E-state index >= 15 is 0 Å². The summed E-state index contributed by atoms with van der Waals surface area (Å²) in [7, 11) is 1.16. The number of nitrogens with zero attached hydrogens (tertiary/aromatic N) is 3. The Labute approximate surface area is 109 Å². The molecule has 0 aromatic heterocycles. The number of hydrogen-bond acceptors (Lipinski definition) is 5. The molecule has 0 saturated carbocycles. The van der Waals surface area contributed by atoms with E-state index in [1.807, 2.05) is 0 Å². The maximum atomic E-state index is 11.7. The van der Waals surface area contributed by atoms with Gasteiger partial charge in [-0.2, -0.15) is 0 Å². The van der Waals surface area contributed by atoms with Gasteiger partial charge in [0.2, 0.25) is 6.10 Å². The number of methoxy groups -OCH3 is 1. The molecular weight excluding hydrogens is 250 g/mol. The molecule has 7 heteroatoms. The van der Waals surface area contributed by atoms with Crippen LogP contribution in [0.15, 0.2) is 35.4 Å². The summed E-state index contributed by atoms with van der Waals surface area (Å²) in [6.07, 6.45) is -1.30. The Morgan fingerprint density at radius 1 is 1.32 bits per heavy atom.